The maximum absolute atomic E-state index is 4.17. The number of benzene rings is 1. The molecule has 0 amide bonds. The Hall–Kier alpha value is -0.320. The van der Waals surface area contributed by atoms with E-state index >= 15 is 0 Å². The molecule has 2 rings (SSSR count). The molecule has 0 N–H and O–H groups in total. The van der Waals surface area contributed by atoms with Crippen LogP contribution < -0.4 is 0 Å². The third-order valence-electron chi connectivity index (χ3n) is 1.68. The number of nitrogens with zero attached hydrogens (tertiary/aromatic N) is 1. The van der Waals surface area contributed by atoms with Gasteiger partial charge in [-0.1, -0.05) is 30.3 Å². The van der Waals surface area contributed by atoms with Crippen LogP contribution in [0.1, 0.15) is 5.56 Å². The predicted molar refractivity (Wildman–Crippen MR) is 65.8 cm³/mol. The van der Waals surface area contributed by atoms with E-state index in [1.165, 1.54) is 21.3 Å². The van der Waals surface area contributed by atoms with E-state index < -0.39 is 0 Å². The zero-order chi connectivity index (χ0) is 9.80. The largest absolute Gasteiger partial charge is 0.185 e. The maximum atomic E-state index is 4.17. The van der Waals surface area contributed by atoms with Crippen molar-refractivity contribution in [1.29, 1.82) is 0 Å². The molecular weight excluding hydrogens is 278 g/mol. The van der Waals surface area contributed by atoms with Gasteiger partial charge in [-0.15, -0.1) is 11.8 Å². The molecule has 0 bridgehead atoms. The fraction of sp³-hybridized carbons (Fsp3) is 0.100. The molecule has 0 atom stereocenters. The van der Waals surface area contributed by atoms with Crippen LogP contribution in [0.2, 0.25) is 0 Å². The van der Waals surface area contributed by atoms with Crippen LogP contribution in [0.25, 0.3) is 0 Å². The molecule has 0 aliphatic heterocycles. The van der Waals surface area contributed by atoms with Gasteiger partial charge in [0.2, 0.25) is 0 Å². The van der Waals surface area contributed by atoms with Gasteiger partial charge in [-0.05, 0) is 39.1 Å². The van der Waals surface area contributed by atoms with Gasteiger partial charge in [0.25, 0.3) is 0 Å². The fourth-order valence-corrected chi connectivity index (χ4v) is 3.37. The number of aromatic nitrogens is 1. The zero-order valence-electron chi connectivity index (χ0n) is 7.31. The molecule has 2 aromatic rings. The van der Waals surface area contributed by atoms with Crippen molar-refractivity contribution in [1.82, 2.24) is 4.37 Å². The monoisotopic (exact) mass is 285 g/mol. The number of hydrogen-bond donors (Lipinski definition) is 0. The molecule has 1 nitrogen and oxygen atoms in total. The number of hydrogen-bond acceptors (Lipinski definition) is 3. The minimum absolute atomic E-state index is 0.929. The Morgan fingerprint density at radius 1 is 1.29 bits per heavy atom. The smallest absolute Gasteiger partial charge is 0.121 e. The first-order chi connectivity index (χ1) is 6.84. The molecule has 72 valence electrons. The van der Waals surface area contributed by atoms with Crippen molar-refractivity contribution in [2.75, 3.05) is 0 Å². The highest BCUT2D eigenvalue weighted by atomic mass is 79.9. The summed E-state index contributed by atoms with van der Waals surface area (Å²) in [5.41, 5.74) is 1.35. The predicted octanol–water partition coefficient (Wildman–Crippen LogP) is 4.20. The Labute approximate surface area is 99.8 Å². The van der Waals surface area contributed by atoms with Gasteiger partial charge in [0.15, 0.2) is 0 Å². The molecule has 1 aromatic heterocycles. The van der Waals surface area contributed by atoms with Gasteiger partial charge >= 0.3 is 0 Å². The van der Waals surface area contributed by atoms with E-state index in [-0.39, 0.29) is 0 Å². The van der Waals surface area contributed by atoms with Crippen LogP contribution in [-0.2, 0) is 5.75 Å². The van der Waals surface area contributed by atoms with Crippen molar-refractivity contribution >= 4 is 39.2 Å². The van der Waals surface area contributed by atoms with E-state index in [0.29, 0.717) is 0 Å². The van der Waals surface area contributed by atoms with Gasteiger partial charge in [-0.3, -0.25) is 0 Å². The first-order valence-corrected chi connectivity index (χ1v) is 6.69. The summed E-state index contributed by atoms with van der Waals surface area (Å²) in [5, 5.41) is 0. The Bertz CT molecular complexity index is 400. The lowest BCUT2D eigenvalue weighted by Crippen LogP contribution is -1.76. The normalized spacial score (nSPS) is 10.4. The first kappa shape index (κ1) is 10.2. The van der Waals surface area contributed by atoms with Crippen molar-refractivity contribution in [3.05, 3.63) is 46.6 Å². The average molecular weight is 286 g/mol. The Kier molecular flexibility index (Phi) is 3.61. The van der Waals surface area contributed by atoms with Crippen molar-refractivity contribution < 1.29 is 0 Å². The molecule has 4 heteroatoms. The second kappa shape index (κ2) is 4.96. The van der Waals surface area contributed by atoms with Crippen molar-refractivity contribution in [2.45, 2.75) is 9.96 Å². The number of thioether (sulfide) groups is 1. The van der Waals surface area contributed by atoms with E-state index in [9.17, 15) is 0 Å². The number of halogens is 1. The highest BCUT2D eigenvalue weighted by molar-refractivity contribution is 9.10. The molecule has 0 saturated heterocycles. The third kappa shape index (κ3) is 2.83. The van der Waals surface area contributed by atoms with Crippen LogP contribution in [0.4, 0.5) is 0 Å². The van der Waals surface area contributed by atoms with Crippen LogP contribution in [0, 0.1) is 0 Å². The quantitative estimate of drug-likeness (QED) is 0.784. The molecule has 0 saturated carbocycles. The summed E-state index contributed by atoms with van der Waals surface area (Å²) >= 11 is 6.70. The molecule has 0 radical (unpaired) electrons. The highest BCUT2D eigenvalue weighted by Crippen LogP contribution is 2.28. The van der Waals surface area contributed by atoms with Crippen molar-refractivity contribution in [3.63, 3.8) is 0 Å². The van der Waals surface area contributed by atoms with Crippen LogP contribution >= 0.6 is 39.2 Å². The van der Waals surface area contributed by atoms with Gasteiger partial charge in [0.1, 0.15) is 4.60 Å². The van der Waals surface area contributed by atoms with E-state index in [1.54, 1.807) is 0 Å². The van der Waals surface area contributed by atoms with E-state index in [0.717, 1.165) is 10.4 Å². The Balaban J connectivity index is 1.95. The molecule has 1 aromatic carbocycles. The summed E-state index contributed by atoms with van der Waals surface area (Å²) < 4.78 is 6.35. The SMILES string of the molecule is Brc1cc(SCc2ccccc2)sn1. The molecular formula is C10H8BrNS2. The molecule has 0 aliphatic carbocycles. The lowest BCUT2D eigenvalue weighted by molar-refractivity contribution is 1.41. The summed E-state index contributed by atoms with van der Waals surface area (Å²) in [5.74, 6) is 1.01. The summed E-state index contributed by atoms with van der Waals surface area (Å²) in [7, 11) is 0. The van der Waals surface area contributed by atoms with E-state index in [1.807, 2.05) is 17.8 Å². The van der Waals surface area contributed by atoms with Crippen molar-refractivity contribution in [2.24, 2.45) is 0 Å². The van der Waals surface area contributed by atoms with E-state index in [4.69, 9.17) is 0 Å². The molecule has 14 heavy (non-hydrogen) atoms. The Morgan fingerprint density at radius 2 is 2.07 bits per heavy atom. The van der Waals surface area contributed by atoms with Gasteiger partial charge in [-0.25, -0.2) is 0 Å². The van der Waals surface area contributed by atoms with Crippen molar-refractivity contribution in [3.8, 4) is 0 Å². The van der Waals surface area contributed by atoms with Crippen LogP contribution in [0.5, 0.6) is 0 Å². The highest BCUT2D eigenvalue weighted by Gasteiger charge is 2.00. The molecule has 0 unspecified atom stereocenters. The fourth-order valence-electron chi connectivity index (χ4n) is 1.04. The van der Waals surface area contributed by atoms with Crippen LogP contribution in [-0.4, -0.2) is 4.37 Å². The summed E-state index contributed by atoms with van der Waals surface area (Å²) in [4.78, 5) is 0. The van der Waals surface area contributed by atoms with E-state index in [2.05, 4.69) is 50.6 Å². The Morgan fingerprint density at radius 3 is 2.71 bits per heavy atom. The standard InChI is InChI=1S/C10H8BrNS2/c11-9-6-10(14-12-9)13-7-8-4-2-1-3-5-8/h1-6H,7H2. The average Bonchev–Trinajstić information content (AvgIpc) is 2.63. The lowest BCUT2D eigenvalue weighted by Gasteiger charge is -1.97. The van der Waals surface area contributed by atoms with Gasteiger partial charge < -0.3 is 0 Å². The topological polar surface area (TPSA) is 12.9 Å². The molecule has 0 spiro atoms. The molecule has 0 fully saturated rings. The minimum atomic E-state index is 0.929. The zero-order valence-corrected chi connectivity index (χ0v) is 10.5. The summed E-state index contributed by atoms with van der Waals surface area (Å²) in [6.45, 7) is 0. The van der Waals surface area contributed by atoms with Gasteiger partial charge in [0, 0.05) is 5.75 Å². The number of rotatable bonds is 3. The lowest BCUT2D eigenvalue weighted by atomic mass is 10.2. The summed E-state index contributed by atoms with van der Waals surface area (Å²) in [6, 6.07) is 12.5. The second-order valence-electron chi connectivity index (χ2n) is 2.74. The van der Waals surface area contributed by atoms with Crippen LogP contribution in [0.15, 0.2) is 45.2 Å². The van der Waals surface area contributed by atoms with Crippen LogP contribution in [0.3, 0.4) is 0 Å². The molecule has 1 heterocycles. The van der Waals surface area contributed by atoms with Gasteiger partial charge in [-0.2, -0.15) is 4.37 Å². The first-order valence-electron chi connectivity index (χ1n) is 4.13. The summed E-state index contributed by atoms with van der Waals surface area (Å²) in [6.07, 6.45) is 0. The molecule has 0 aliphatic rings. The third-order valence-corrected chi connectivity index (χ3v) is 4.37. The minimum Gasteiger partial charge on any atom is -0.185 e. The maximum Gasteiger partial charge on any atom is 0.121 e. The van der Waals surface area contributed by atoms with Gasteiger partial charge in [0.05, 0.1) is 4.21 Å². The second-order valence-corrected chi connectivity index (χ2v) is 5.64.